The third-order valence-corrected chi connectivity index (χ3v) is 6.45. The van der Waals surface area contributed by atoms with Crippen LogP contribution in [0.2, 0.25) is 0 Å². The average molecular weight is 563 g/mol. The summed E-state index contributed by atoms with van der Waals surface area (Å²) in [6, 6.07) is -4.27. The maximum absolute atomic E-state index is 14.8. The number of nitrogens with one attached hydrogen (secondary N) is 2. The first-order valence-corrected chi connectivity index (χ1v) is 12.1. The van der Waals surface area contributed by atoms with E-state index in [0.29, 0.717) is 5.06 Å². The number of halogens is 4. The van der Waals surface area contributed by atoms with Crippen molar-refractivity contribution in [3.05, 3.63) is 0 Å². The molecule has 0 aromatic rings. The minimum absolute atomic E-state index is 0.0433. The Kier molecular flexibility index (Phi) is 13.0. The van der Waals surface area contributed by atoms with Crippen LogP contribution in [0.25, 0.3) is 0 Å². The van der Waals surface area contributed by atoms with Crippen LogP contribution in [0, 0.1) is 11.8 Å². The predicted octanol–water partition coefficient (Wildman–Crippen LogP) is -1.74. The molecule has 0 aromatic heterocycles. The molecule has 2 aliphatic heterocycles. The molecule has 0 amide bonds. The Morgan fingerprint density at radius 1 is 1.29 bits per heavy atom. The first-order valence-electron chi connectivity index (χ1n) is 12.1. The standard InChI is InChI=1S/C21H38F4N6O7/c1-4-30(25)14-10-13(28-23)16(37-19(34)12(27-22)8-6-5-7-9-26)18(33)31(14)38-20-15(32)17(29(3)24)21(2,35)11-36-20/h12-20,27-28,32-35H,4,6,8-11,26H2,1-3H3. The van der Waals surface area contributed by atoms with Gasteiger partial charge in [0.15, 0.2) is 12.5 Å². The monoisotopic (exact) mass is 562 g/mol. The van der Waals surface area contributed by atoms with E-state index in [-0.39, 0.29) is 36.2 Å². The van der Waals surface area contributed by atoms with E-state index in [9.17, 15) is 38.4 Å². The largest absolute Gasteiger partial charge is 0.386 e. The lowest BCUT2D eigenvalue weighted by molar-refractivity contribution is -0.423. The molecular weight excluding hydrogens is 524 g/mol. The number of hydroxylamine groups is 2. The summed E-state index contributed by atoms with van der Waals surface area (Å²) in [5, 5.41) is 43.4. The van der Waals surface area contributed by atoms with E-state index in [1.54, 1.807) is 0 Å². The van der Waals surface area contributed by atoms with E-state index in [1.807, 2.05) is 0 Å². The zero-order valence-electron chi connectivity index (χ0n) is 21.4. The predicted molar refractivity (Wildman–Crippen MR) is 123 cm³/mol. The Labute approximate surface area is 218 Å². The fraction of sp³-hybridized carbons (Fsp3) is 0.905. The highest BCUT2D eigenvalue weighted by Crippen LogP contribution is 2.33. The van der Waals surface area contributed by atoms with Crippen LogP contribution in [0.3, 0.4) is 0 Å². The molecule has 0 radical (unpaired) electrons. The van der Waals surface area contributed by atoms with E-state index in [4.69, 9.17) is 20.0 Å². The molecule has 2 heterocycles. The molecule has 2 rings (SSSR count). The van der Waals surface area contributed by atoms with Crippen molar-refractivity contribution in [1.29, 1.82) is 0 Å². The van der Waals surface area contributed by atoms with Crippen molar-refractivity contribution in [2.45, 2.75) is 94.0 Å². The first-order chi connectivity index (χ1) is 17.9. The molecule has 10 unspecified atom stereocenters. The fourth-order valence-electron chi connectivity index (χ4n) is 4.50. The van der Waals surface area contributed by atoms with E-state index in [2.05, 4.69) is 11.8 Å². The second-order valence-electron chi connectivity index (χ2n) is 9.33. The van der Waals surface area contributed by atoms with Gasteiger partial charge in [0, 0.05) is 26.4 Å². The molecule has 13 nitrogen and oxygen atoms in total. The van der Waals surface area contributed by atoms with Gasteiger partial charge in [0.1, 0.15) is 30.0 Å². The number of ether oxygens (including phenoxy) is 2. The lowest BCUT2D eigenvalue weighted by Gasteiger charge is -2.50. The van der Waals surface area contributed by atoms with Gasteiger partial charge in [-0.3, -0.25) is 4.84 Å². The fourth-order valence-corrected chi connectivity index (χ4v) is 4.50. The number of aliphatic hydroxyl groups is 4. The second kappa shape index (κ2) is 14.9. The van der Waals surface area contributed by atoms with Gasteiger partial charge in [-0.25, -0.2) is 0 Å². The number of hydrogen-bond donors (Lipinski definition) is 7. The summed E-state index contributed by atoms with van der Waals surface area (Å²) >= 11 is 0. The zero-order chi connectivity index (χ0) is 28.6. The van der Waals surface area contributed by atoms with Gasteiger partial charge in [-0.15, -0.1) is 39.2 Å². The van der Waals surface area contributed by atoms with E-state index in [0.717, 1.165) is 7.05 Å². The van der Waals surface area contributed by atoms with Crippen LogP contribution in [0.1, 0.15) is 33.1 Å². The van der Waals surface area contributed by atoms with Crippen molar-refractivity contribution in [3.8, 4) is 11.8 Å². The van der Waals surface area contributed by atoms with E-state index in [1.165, 1.54) is 24.9 Å². The molecule has 0 aromatic carbocycles. The number of piperidine rings is 1. The lowest BCUT2D eigenvalue weighted by Crippen LogP contribution is -2.69. The van der Waals surface area contributed by atoms with E-state index < -0.39 is 73.9 Å². The maximum atomic E-state index is 14.8. The number of aliphatic hydroxyl groups excluding tert-OH is 3. The molecule has 0 aliphatic carbocycles. The van der Waals surface area contributed by atoms with Gasteiger partial charge in [0.2, 0.25) is 6.29 Å². The number of rotatable bonds is 12. The third-order valence-electron chi connectivity index (χ3n) is 6.45. The average Bonchev–Trinajstić information content (AvgIpc) is 2.86. The summed E-state index contributed by atoms with van der Waals surface area (Å²) in [6.07, 6.45) is -10.9. The molecule has 0 saturated carbocycles. The highest BCUT2D eigenvalue weighted by Gasteiger charge is 2.53. The lowest BCUT2D eigenvalue weighted by atomic mass is 9.90. The third kappa shape index (κ3) is 7.91. The van der Waals surface area contributed by atoms with Crippen LogP contribution >= 0.6 is 0 Å². The molecule has 2 fully saturated rings. The second-order valence-corrected chi connectivity index (χ2v) is 9.33. The van der Waals surface area contributed by atoms with Crippen molar-refractivity contribution in [2.24, 2.45) is 5.73 Å². The summed E-state index contributed by atoms with van der Waals surface area (Å²) in [6.45, 7) is 2.01. The molecular formula is C21H38F4N6O7. The van der Waals surface area contributed by atoms with Gasteiger partial charge < -0.3 is 35.6 Å². The van der Waals surface area contributed by atoms with Crippen molar-refractivity contribution < 1.29 is 52.7 Å². The quantitative estimate of drug-likeness (QED) is 0.0620. The van der Waals surface area contributed by atoms with Gasteiger partial charge >= 0.3 is 0 Å². The van der Waals surface area contributed by atoms with Gasteiger partial charge in [-0.2, -0.15) is 11.1 Å². The normalized spacial score (nSPS) is 36.2. The molecule has 38 heavy (non-hydrogen) atoms. The molecule has 2 saturated heterocycles. The Morgan fingerprint density at radius 2 is 1.97 bits per heavy atom. The summed E-state index contributed by atoms with van der Waals surface area (Å²) < 4.78 is 66.7. The van der Waals surface area contributed by atoms with E-state index >= 15 is 0 Å². The molecule has 17 heteroatoms. The number of nitrogens with zero attached hydrogens (tertiary/aromatic N) is 3. The van der Waals surface area contributed by atoms with Crippen LogP contribution in [0.5, 0.6) is 0 Å². The number of hydrogen-bond acceptors (Lipinski definition) is 13. The van der Waals surface area contributed by atoms with Gasteiger partial charge in [0.25, 0.3) is 0 Å². The highest BCUT2D eigenvalue weighted by molar-refractivity contribution is 5.00. The van der Waals surface area contributed by atoms with Crippen molar-refractivity contribution in [3.63, 3.8) is 0 Å². The molecule has 8 N–H and O–H groups in total. The molecule has 2 aliphatic rings. The smallest absolute Gasteiger partial charge is 0.205 e. The summed E-state index contributed by atoms with van der Waals surface area (Å²) in [4.78, 5) is 5.54. The van der Waals surface area contributed by atoms with Crippen molar-refractivity contribution >= 4 is 0 Å². The Hall–Kier alpha value is -1.24. The maximum Gasteiger partial charge on any atom is 0.205 e. The molecule has 10 atom stereocenters. The van der Waals surface area contributed by atoms with Crippen LogP contribution < -0.4 is 16.8 Å². The molecule has 0 bridgehead atoms. The Bertz CT molecular complexity index is 782. The summed E-state index contributed by atoms with van der Waals surface area (Å²) in [5.41, 5.74) is 6.18. The van der Waals surface area contributed by atoms with Gasteiger partial charge in [-0.1, -0.05) is 5.92 Å². The zero-order valence-corrected chi connectivity index (χ0v) is 21.4. The molecule has 0 spiro atoms. The number of likely N-dealkylation sites (N-methyl/N-ethyl adjacent to an activating group) is 1. The van der Waals surface area contributed by atoms with Gasteiger partial charge in [0.05, 0.1) is 25.2 Å². The summed E-state index contributed by atoms with van der Waals surface area (Å²) in [7, 11) is 0.962. The summed E-state index contributed by atoms with van der Waals surface area (Å²) in [5.74, 6) is 5.23. The Balaban J connectivity index is 2.26. The Morgan fingerprint density at radius 3 is 2.53 bits per heavy atom. The van der Waals surface area contributed by atoms with Crippen LogP contribution in [-0.4, -0.2) is 123 Å². The van der Waals surface area contributed by atoms with Gasteiger partial charge in [-0.05, 0) is 20.3 Å². The topological polar surface area (TPSA) is 168 Å². The minimum atomic E-state index is -2.02. The number of nitrogens with two attached hydrogens (primary N) is 1. The van der Waals surface area contributed by atoms with Crippen LogP contribution in [-0.2, 0) is 14.3 Å². The molecule has 222 valence electrons. The highest BCUT2D eigenvalue weighted by atomic mass is 19.2. The SMILES string of the molecule is CCN(F)C1CC(NF)C(OC(O)C(CCC#CCN)NF)C(O)N1OC1OCC(C)(O)C(N(C)F)C1O. The van der Waals surface area contributed by atoms with Crippen LogP contribution in [0.15, 0.2) is 0 Å². The first kappa shape index (κ1) is 33.0. The van der Waals surface area contributed by atoms with Crippen LogP contribution in [0.4, 0.5) is 17.9 Å². The minimum Gasteiger partial charge on any atom is -0.386 e. The van der Waals surface area contributed by atoms with Crippen molar-refractivity contribution in [2.75, 3.05) is 26.7 Å². The van der Waals surface area contributed by atoms with Crippen molar-refractivity contribution in [1.82, 2.24) is 26.4 Å².